The normalized spacial score (nSPS) is 18.4. The first-order valence-corrected chi connectivity index (χ1v) is 9.57. The van der Waals surface area contributed by atoms with Crippen LogP contribution in [0.5, 0.6) is 0 Å². The first kappa shape index (κ1) is 17.7. The molecule has 3 heteroatoms. The van der Waals surface area contributed by atoms with Crippen molar-refractivity contribution in [2.24, 2.45) is 0 Å². The number of hydrogen-bond donors (Lipinski definition) is 1. The summed E-state index contributed by atoms with van der Waals surface area (Å²) in [5.41, 5.74) is 6.69. The van der Waals surface area contributed by atoms with E-state index in [1.54, 1.807) is 6.07 Å². The highest BCUT2D eigenvalue weighted by molar-refractivity contribution is 6.07. The van der Waals surface area contributed by atoms with Gasteiger partial charge >= 0.3 is 5.97 Å². The average molecular weight is 362 g/mol. The summed E-state index contributed by atoms with van der Waals surface area (Å²) in [6, 6.07) is 13.3. The lowest BCUT2D eigenvalue weighted by Crippen LogP contribution is -1.97. The van der Waals surface area contributed by atoms with Gasteiger partial charge in [-0.15, -0.1) is 0 Å². The molecule has 0 amide bonds. The Bertz CT molecular complexity index is 945. The summed E-state index contributed by atoms with van der Waals surface area (Å²) in [6.07, 6.45) is 7.18. The molecule has 1 N–H and O–H groups in total. The number of carboxylic acids is 1. The van der Waals surface area contributed by atoms with E-state index in [1.165, 1.54) is 43.4 Å². The van der Waals surface area contributed by atoms with Crippen molar-refractivity contribution >= 4 is 23.2 Å². The Kier molecular flexibility index (Phi) is 4.69. The van der Waals surface area contributed by atoms with Crippen molar-refractivity contribution < 1.29 is 14.3 Å². The van der Waals surface area contributed by atoms with E-state index in [4.69, 9.17) is 0 Å². The molecule has 1 saturated carbocycles. The Balaban J connectivity index is 1.71. The second-order valence-electron chi connectivity index (χ2n) is 7.57. The number of fused-ring (bicyclic) bond motifs is 1. The summed E-state index contributed by atoms with van der Waals surface area (Å²) >= 11 is 0. The van der Waals surface area contributed by atoms with Crippen molar-refractivity contribution in [1.82, 2.24) is 0 Å². The summed E-state index contributed by atoms with van der Waals surface area (Å²) < 4.78 is 13.8. The molecule has 0 bridgehead atoms. The molecule has 4 rings (SSSR count). The number of rotatable bonds is 4. The summed E-state index contributed by atoms with van der Waals surface area (Å²) in [6.45, 7) is 1.93. The largest absolute Gasteiger partial charge is 0.481 e. The Labute approximate surface area is 159 Å². The zero-order valence-corrected chi connectivity index (χ0v) is 15.5. The van der Waals surface area contributed by atoms with Crippen LogP contribution in [0.4, 0.5) is 4.39 Å². The third-order valence-corrected chi connectivity index (χ3v) is 5.86. The summed E-state index contributed by atoms with van der Waals surface area (Å²) in [5, 5.41) is 9.25. The number of halogens is 1. The number of carboxylic acid groups (broad SMARTS) is 1. The minimum Gasteiger partial charge on any atom is -0.481 e. The molecule has 0 heterocycles. The zero-order chi connectivity index (χ0) is 19.0. The van der Waals surface area contributed by atoms with E-state index in [0.717, 1.165) is 22.3 Å². The molecule has 0 unspecified atom stereocenters. The average Bonchev–Trinajstić information content (AvgIpc) is 3.26. The Hall–Kier alpha value is -2.68. The van der Waals surface area contributed by atoms with Crippen LogP contribution in [-0.4, -0.2) is 11.1 Å². The highest BCUT2D eigenvalue weighted by Crippen LogP contribution is 2.44. The van der Waals surface area contributed by atoms with Crippen LogP contribution >= 0.6 is 0 Å². The number of carbonyl (C=O) groups is 1. The second-order valence-corrected chi connectivity index (χ2v) is 7.57. The molecule has 2 aromatic rings. The Morgan fingerprint density at radius 3 is 2.48 bits per heavy atom. The molecular formula is C24H23FO2. The zero-order valence-electron chi connectivity index (χ0n) is 15.5. The van der Waals surface area contributed by atoms with Crippen LogP contribution in [-0.2, 0) is 4.79 Å². The van der Waals surface area contributed by atoms with Gasteiger partial charge in [-0.25, -0.2) is 4.39 Å². The van der Waals surface area contributed by atoms with Crippen LogP contribution in [0.15, 0.2) is 48.0 Å². The van der Waals surface area contributed by atoms with Crippen molar-refractivity contribution in [3.8, 4) is 0 Å². The van der Waals surface area contributed by atoms with Crippen molar-refractivity contribution in [3.05, 3.63) is 76.1 Å². The maximum Gasteiger partial charge on any atom is 0.307 e. The lowest BCUT2D eigenvalue weighted by atomic mass is 9.95. The SMILES string of the molecule is CC1=C(CC(=O)O)c2cc(F)ccc2/C1=C\c1ccc(C2CCCC2)cc1. The quantitative estimate of drug-likeness (QED) is 0.694. The molecule has 0 aliphatic heterocycles. The molecule has 0 radical (unpaired) electrons. The number of allylic oxidation sites excluding steroid dienone is 2. The third kappa shape index (κ3) is 3.46. The summed E-state index contributed by atoms with van der Waals surface area (Å²) in [7, 11) is 0. The maximum atomic E-state index is 13.8. The Morgan fingerprint density at radius 2 is 1.81 bits per heavy atom. The molecule has 2 aromatic carbocycles. The lowest BCUT2D eigenvalue weighted by Gasteiger charge is -2.10. The minimum absolute atomic E-state index is 0.0970. The predicted molar refractivity (Wildman–Crippen MR) is 107 cm³/mol. The van der Waals surface area contributed by atoms with Gasteiger partial charge in [0.15, 0.2) is 0 Å². The van der Waals surface area contributed by atoms with Gasteiger partial charge < -0.3 is 5.11 Å². The topological polar surface area (TPSA) is 37.3 Å². The highest BCUT2D eigenvalue weighted by atomic mass is 19.1. The van der Waals surface area contributed by atoms with Crippen LogP contribution < -0.4 is 0 Å². The van der Waals surface area contributed by atoms with Crippen molar-refractivity contribution in [2.45, 2.75) is 44.9 Å². The highest BCUT2D eigenvalue weighted by Gasteiger charge is 2.25. The standard InChI is InChI=1S/C24H23FO2/c1-15-21(12-16-6-8-18(9-7-16)17-4-2-3-5-17)20-11-10-19(25)13-23(20)22(15)14-24(26)27/h6-13,17H,2-5,14H2,1H3,(H,26,27)/b21-12-. The van der Waals surface area contributed by atoms with Gasteiger partial charge in [0.25, 0.3) is 0 Å². The van der Waals surface area contributed by atoms with Gasteiger partial charge in [-0.05, 0) is 82.9 Å². The fourth-order valence-corrected chi connectivity index (χ4v) is 4.42. The molecule has 0 spiro atoms. The first-order chi connectivity index (χ1) is 13.0. The molecular weight excluding hydrogens is 339 g/mol. The molecule has 0 aromatic heterocycles. The second kappa shape index (κ2) is 7.15. The van der Waals surface area contributed by atoms with Crippen molar-refractivity contribution in [1.29, 1.82) is 0 Å². The van der Waals surface area contributed by atoms with Crippen LogP contribution in [0.3, 0.4) is 0 Å². The predicted octanol–water partition coefficient (Wildman–Crippen LogP) is 6.29. The van der Waals surface area contributed by atoms with Crippen LogP contribution in [0, 0.1) is 5.82 Å². The van der Waals surface area contributed by atoms with E-state index >= 15 is 0 Å². The van der Waals surface area contributed by atoms with Gasteiger partial charge in [-0.3, -0.25) is 4.79 Å². The lowest BCUT2D eigenvalue weighted by molar-refractivity contribution is -0.135. The smallest absolute Gasteiger partial charge is 0.307 e. The fraction of sp³-hybridized carbons (Fsp3) is 0.292. The molecule has 2 aliphatic carbocycles. The number of aliphatic carboxylic acids is 1. The molecule has 2 nitrogen and oxygen atoms in total. The van der Waals surface area contributed by atoms with Gasteiger partial charge in [-0.1, -0.05) is 43.2 Å². The minimum atomic E-state index is -0.901. The fourth-order valence-electron chi connectivity index (χ4n) is 4.42. The summed E-state index contributed by atoms with van der Waals surface area (Å²) in [4.78, 5) is 11.3. The van der Waals surface area contributed by atoms with E-state index in [1.807, 2.05) is 6.92 Å². The molecule has 27 heavy (non-hydrogen) atoms. The van der Waals surface area contributed by atoms with Gasteiger partial charge in [0.05, 0.1) is 6.42 Å². The van der Waals surface area contributed by atoms with Gasteiger partial charge in [-0.2, -0.15) is 0 Å². The molecule has 2 aliphatic rings. The van der Waals surface area contributed by atoms with E-state index in [9.17, 15) is 14.3 Å². The van der Waals surface area contributed by atoms with E-state index in [-0.39, 0.29) is 12.2 Å². The van der Waals surface area contributed by atoms with Gasteiger partial charge in [0, 0.05) is 0 Å². The number of benzene rings is 2. The first-order valence-electron chi connectivity index (χ1n) is 9.57. The van der Waals surface area contributed by atoms with E-state index in [0.29, 0.717) is 17.1 Å². The molecule has 0 atom stereocenters. The molecule has 1 fully saturated rings. The van der Waals surface area contributed by atoms with Crippen molar-refractivity contribution in [3.63, 3.8) is 0 Å². The Morgan fingerprint density at radius 1 is 1.11 bits per heavy atom. The van der Waals surface area contributed by atoms with Crippen molar-refractivity contribution in [2.75, 3.05) is 0 Å². The number of hydrogen-bond acceptors (Lipinski definition) is 1. The summed E-state index contributed by atoms with van der Waals surface area (Å²) in [5.74, 6) is -0.556. The monoisotopic (exact) mass is 362 g/mol. The van der Waals surface area contributed by atoms with Crippen LogP contribution in [0.2, 0.25) is 0 Å². The van der Waals surface area contributed by atoms with Gasteiger partial charge in [0.2, 0.25) is 0 Å². The van der Waals surface area contributed by atoms with E-state index in [2.05, 4.69) is 30.3 Å². The molecule has 0 saturated heterocycles. The molecule has 138 valence electrons. The van der Waals surface area contributed by atoms with Gasteiger partial charge in [0.1, 0.15) is 5.82 Å². The third-order valence-electron chi connectivity index (χ3n) is 5.86. The van der Waals surface area contributed by atoms with Crippen LogP contribution in [0.1, 0.15) is 67.2 Å². The van der Waals surface area contributed by atoms with E-state index < -0.39 is 5.97 Å². The maximum absolute atomic E-state index is 13.8. The van der Waals surface area contributed by atoms with Crippen LogP contribution in [0.25, 0.3) is 17.2 Å².